The molecule has 1 aliphatic rings. The van der Waals surface area contributed by atoms with Gasteiger partial charge in [-0.05, 0) is 37.3 Å². The average molecular weight is 501 g/mol. The third-order valence-electron chi connectivity index (χ3n) is 5.94. The highest BCUT2D eigenvalue weighted by atomic mass is 32.2. The Morgan fingerprint density at radius 2 is 1.91 bits per heavy atom. The third-order valence-corrected chi connectivity index (χ3v) is 7.96. The number of sulfonamides is 1. The van der Waals surface area contributed by atoms with Crippen LogP contribution in [0.1, 0.15) is 25.0 Å². The molecule has 0 spiro atoms. The molecule has 1 N–H and O–H groups in total. The van der Waals surface area contributed by atoms with Crippen molar-refractivity contribution in [1.29, 1.82) is 0 Å². The first kappa shape index (κ1) is 26.7. The molecule has 0 fully saturated rings. The zero-order valence-electron chi connectivity index (χ0n) is 20.5. The van der Waals surface area contributed by atoms with E-state index in [0.29, 0.717) is 5.56 Å². The Morgan fingerprint density at radius 1 is 1.23 bits per heavy atom. The number of methoxy groups -OCH3 is 1. The zero-order valence-corrected chi connectivity index (χ0v) is 21.3. The van der Waals surface area contributed by atoms with Crippen LogP contribution in [0.5, 0.6) is 5.75 Å². The molecule has 2 aromatic rings. The molecule has 35 heavy (non-hydrogen) atoms. The largest absolute Gasteiger partial charge is 0.487 e. The second kappa shape index (κ2) is 11.7. The first-order valence-electron chi connectivity index (χ1n) is 11.4. The first-order valence-corrected chi connectivity index (χ1v) is 12.8. The molecule has 3 rings (SSSR count). The molecule has 0 saturated heterocycles. The van der Waals surface area contributed by atoms with Gasteiger partial charge in [0.15, 0.2) is 0 Å². The third kappa shape index (κ3) is 6.41. The number of benzene rings is 2. The Balaban J connectivity index is 2.04. The van der Waals surface area contributed by atoms with E-state index in [1.807, 2.05) is 37.3 Å². The monoisotopic (exact) mass is 500 g/mol. The second-order valence-electron chi connectivity index (χ2n) is 8.72. The lowest BCUT2D eigenvalue weighted by atomic mass is 10.0. The number of amides is 1. The number of likely N-dealkylation sites (N-methyl/N-ethyl adjacent to an activating group) is 1. The molecule has 1 heterocycles. The molecule has 0 radical (unpaired) electrons. The van der Waals surface area contributed by atoms with E-state index in [9.17, 15) is 18.3 Å². The zero-order chi connectivity index (χ0) is 25.6. The van der Waals surface area contributed by atoms with Gasteiger partial charge in [-0.25, -0.2) is 8.42 Å². The summed E-state index contributed by atoms with van der Waals surface area (Å²) in [5, 5.41) is 9.76. The van der Waals surface area contributed by atoms with Crippen LogP contribution in [0.4, 0.5) is 0 Å². The van der Waals surface area contributed by atoms with Crippen molar-refractivity contribution in [3.8, 4) is 17.6 Å². The minimum Gasteiger partial charge on any atom is -0.487 e. The molecule has 0 aromatic heterocycles. The molecule has 9 heteroatoms. The van der Waals surface area contributed by atoms with Crippen LogP contribution in [0, 0.1) is 17.8 Å². The summed E-state index contributed by atoms with van der Waals surface area (Å²) in [4.78, 5) is 13.8. The van der Waals surface area contributed by atoms with E-state index in [-0.39, 0.29) is 48.8 Å². The van der Waals surface area contributed by atoms with Gasteiger partial charge < -0.3 is 19.5 Å². The standard InChI is InChI=1S/C26H32N2O6S/c1-19-15-28(20(2)17-29)35(31,32)25-13-12-22(11-10-21-8-6-5-7-9-21)14-23(25)34-24(19)16-27(3)26(30)18-33-4/h5-9,12-14,19-20,24,29H,15-18H2,1-4H3/t19-,20+,24+/m1/s1. The van der Waals surface area contributed by atoms with Crippen LogP contribution in [-0.2, 0) is 19.6 Å². The van der Waals surface area contributed by atoms with Crippen LogP contribution in [0.15, 0.2) is 53.4 Å². The lowest BCUT2D eigenvalue weighted by Crippen LogP contribution is -2.50. The van der Waals surface area contributed by atoms with Crippen molar-refractivity contribution in [3.05, 3.63) is 59.7 Å². The van der Waals surface area contributed by atoms with Gasteiger partial charge in [0.1, 0.15) is 23.4 Å². The van der Waals surface area contributed by atoms with Crippen molar-refractivity contribution >= 4 is 15.9 Å². The molecule has 8 nitrogen and oxygen atoms in total. The fraction of sp³-hybridized carbons (Fsp3) is 0.423. The molecular formula is C26H32N2O6S. The van der Waals surface area contributed by atoms with Gasteiger partial charge in [-0.2, -0.15) is 4.31 Å². The Bertz CT molecular complexity index is 1190. The van der Waals surface area contributed by atoms with Gasteiger partial charge in [0.05, 0.1) is 13.2 Å². The smallest absolute Gasteiger partial charge is 0.248 e. The van der Waals surface area contributed by atoms with Gasteiger partial charge in [-0.1, -0.05) is 37.0 Å². The summed E-state index contributed by atoms with van der Waals surface area (Å²) in [7, 11) is -0.839. The van der Waals surface area contributed by atoms with Gasteiger partial charge in [0.25, 0.3) is 0 Å². The van der Waals surface area contributed by atoms with Crippen LogP contribution in [-0.4, -0.2) is 81.2 Å². The number of carbonyl (C=O) groups excluding carboxylic acids is 1. The van der Waals surface area contributed by atoms with Crippen molar-refractivity contribution < 1.29 is 27.8 Å². The van der Waals surface area contributed by atoms with Crippen LogP contribution >= 0.6 is 0 Å². The van der Waals surface area contributed by atoms with E-state index >= 15 is 0 Å². The maximum atomic E-state index is 13.6. The van der Waals surface area contributed by atoms with E-state index in [1.165, 1.54) is 22.4 Å². The summed E-state index contributed by atoms with van der Waals surface area (Å²) in [6.45, 7) is 3.53. The Hall–Kier alpha value is -2.90. The van der Waals surface area contributed by atoms with Gasteiger partial charge in [0, 0.05) is 43.8 Å². The van der Waals surface area contributed by atoms with Gasteiger partial charge >= 0.3 is 0 Å². The van der Waals surface area contributed by atoms with Crippen molar-refractivity contribution in [2.24, 2.45) is 5.92 Å². The second-order valence-corrected chi connectivity index (χ2v) is 10.6. The number of carbonyl (C=O) groups is 1. The van der Waals surface area contributed by atoms with E-state index in [1.54, 1.807) is 26.1 Å². The van der Waals surface area contributed by atoms with E-state index < -0.39 is 22.2 Å². The molecule has 0 bridgehead atoms. The maximum absolute atomic E-state index is 13.6. The fourth-order valence-corrected chi connectivity index (χ4v) is 5.62. The Morgan fingerprint density at radius 3 is 2.57 bits per heavy atom. The molecule has 1 aliphatic heterocycles. The van der Waals surface area contributed by atoms with E-state index in [4.69, 9.17) is 9.47 Å². The van der Waals surface area contributed by atoms with Crippen LogP contribution < -0.4 is 4.74 Å². The van der Waals surface area contributed by atoms with Crippen molar-refractivity contribution in [3.63, 3.8) is 0 Å². The number of rotatable bonds is 6. The quantitative estimate of drug-likeness (QED) is 0.610. The molecule has 0 saturated carbocycles. The maximum Gasteiger partial charge on any atom is 0.248 e. The molecule has 2 aromatic carbocycles. The summed E-state index contributed by atoms with van der Waals surface area (Å²) in [6.07, 6.45) is -0.499. The Kier molecular flexibility index (Phi) is 8.92. The summed E-state index contributed by atoms with van der Waals surface area (Å²) in [6, 6.07) is 13.6. The van der Waals surface area contributed by atoms with Crippen LogP contribution in [0.3, 0.4) is 0 Å². The topological polar surface area (TPSA) is 96.4 Å². The number of fused-ring (bicyclic) bond motifs is 1. The minimum atomic E-state index is -3.95. The van der Waals surface area contributed by atoms with Crippen LogP contribution in [0.25, 0.3) is 0 Å². The Labute approximate surface area is 207 Å². The summed E-state index contributed by atoms with van der Waals surface area (Å²) in [5.41, 5.74) is 1.43. The van der Waals surface area contributed by atoms with Crippen molar-refractivity contribution in [2.75, 3.05) is 40.5 Å². The fourth-order valence-electron chi connectivity index (χ4n) is 3.79. The lowest BCUT2D eigenvalue weighted by Gasteiger charge is -2.37. The molecule has 1 amide bonds. The first-order chi connectivity index (χ1) is 16.7. The SMILES string of the molecule is COCC(=O)N(C)C[C@@H]1Oc2cc(C#Cc3ccccc3)ccc2S(=O)(=O)N([C@@H](C)CO)C[C@H]1C. The molecule has 0 unspecified atom stereocenters. The summed E-state index contributed by atoms with van der Waals surface area (Å²) < 4.78 is 39.6. The molecule has 0 aliphatic carbocycles. The predicted octanol–water partition coefficient (Wildman–Crippen LogP) is 1.96. The van der Waals surface area contributed by atoms with E-state index in [0.717, 1.165) is 5.56 Å². The summed E-state index contributed by atoms with van der Waals surface area (Å²) >= 11 is 0. The summed E-state index contributed by atoms with van der Waals surface area (Å²) in [5.74, 6) is 5.82. The number of hydrogen-bond acceptors (Lipinski definition) is 6. The van der Waals surface area contributed by atoms with Gasteiger partial charge in [-0.15, -0.1) is 0 Å². The molecular weight excluding hydrogens is 468 g/mol. The molecule has 3 atom stereocenters. The number of nitrogens with zero attached hydrogens (tertiary/aromatic N) is 2. The number of aliphatic hydroxyl groups excluding tert-OH is 1. The highest BCUT2D eigenvalue weighted by molar-refractivity contribution is 7.89. The number of hydrogen-bond donors (Lipinski definition) is 1. The van der Waals surface area contributed by atoms with Crippen LogP contribution in [0.2, 0.25) is 0 Å². The van der Waals surface area contributed by atoms with E-state index in [2.05, 4.69) is 11.8 Å². The van der Waals surface area contributed by atoms with Crippen molar-refractivity contribution in [2.45, 2.75) is 30.9 Å². The highest BCUT2D eigenvalue weighted by Crippen LogP contribution is 2.34. The highest BCUT2D eigenvalue weighted by Gasteiger charge is 2.38. The lowest BCUT2D eigenvalue weighted by molar-refractivity contribution is -0.135. The molecule has 188 valence electrons. The normalized spacial score (nSPS) is 20.3. The van der Waals surface area contributed by atoms with Gasteiger partial charge in [0.2, 0.25) is 15.9 Å². The van der Waals surface area contributed by atoms with Crippen molar-refractivity contribution in [1.82, 2.24) is 9.21 Å². The minimum absolute atomic E-state index is 0.00540. The average Bonchev–Trinajstić information content (AvgIpc) is 2.85. The predicted molar refractivity (Wildman–Crippen MR) is 132 cm³/mol. The number of aliphatic hydroxyl groups is 1. The van der Waals surface area contributed by atoms with Gasteiger partial charge in [-0.3, -0.25) is 4.79 Å². The number of ether oxygens (including phenoxy) is 2.